The van der Waals surface area contributed by atoms with Gasteiger partial charge in [0.2, 0.25) is 0 Å². The molecule has 15 heavy (non-hydrogen) atoms. The monoisotopic (exact) mass is 224 g/mol. The van der Waals surface area contributed by atoms with E-state index in [-0.39, 0.29) is 5.11 Å². The Balaban J connectivity index is 2.74. The molecule has 1 aromatic rings. The largest absolute Gasteiger partial charge is 0.492 e. The third-order valence-corrected chi connectivity index (χ3v) is 1.55. The molecule has 1 rings (SSSR count). The zero-order valence-corrected chi connectivity index (χ0v) is 9.12. The first-order chi connectivity index (χ1) is 7.24. The van der Waals surface area contributed by atoms with Gasteiger partial charge in [-0.2, -0.15) is 5.10 Å². The van der Waals surface area contributed by atoms with Gasteiger partial charge in [0.05, 0.1) is 12.8 Å². The zero-order chi connectivity index (χ0) is 11.1. The Morgan fingerprint density at radius 3 is 3.27 bits per heavy atom. The van der Waals surface area contributed by atoms with Gasteiger partial charge in [-0.15, -0.1) is 0 Å². The van der Waals surface area contributed by atoms with Gasteiger partial charge < -0.3 is 10.5 Å². The Morgan fingerprint density at radius 1 is 1.80 bits per heavy atom. The summed E-state index contributed by atoms with van der Waals surface area (Å²) in [5.74, 6) is 0.675. The Morgan fingerprint density at radius 2 is 2.60 bits per heavy atom. The van der Waals surface area contributed by atoms with Gasteiger partial charge in [0.25, 0.3) is 0 Å². The van der Waals surface area contributed by atoms with Crippen molar-refractivity contribution in [2.75, 3.05) is 6.61 Å². The van der Waals surface area contributed by atoms with Gasteiger partial charge in [-0.25, -0.2) is 0 Å². The van der Waals surface area contributed by atoms with E-state index in [1.54, 1.807) is 12.3 Å². The van der Waals surface area contributed by atoms with Crippen LogP contribution < -0.4 is 15.9 Å². The third kappa shape index (κ3) is 3.90. The van der Waals surface area contributed by atoms with Gasteiger partial charge in [0, 0.05) is 6.20 Å². The number of hydrogen-bond acceptors (Lipinski definition) is 4. The quantitative estimate of drug-likeness (QED) is 0.446. The molecule has 1 aromatic heterocycles. The second-order valence-electron chi connectivity index (χ2n) is 2.55. The SMILES string of the molecule is CCOc1cccnc1/C=N/NC(N)=S. The van der Waals surface area contributed by atoms with Gasteiger partial charge in [0.15, 0.2) is 5.11 Å². The third-order valence-electron chi connectivity index (χ3n) is 1.46. The highest BCUT2D eigenvalue weighted by molar-refractivity contribution is 7.80. The van der Waals surface area contributed by atoms with Crippen LogP contribution >= 0.6 is 12.2 Å². The summed E-state index contributed by atoms with van der Waals surface area (Å²) in [7, 11) is 0. The van der Waals surface area contributed by atoms with Gasteiger partial charge in [-0.3, -0.25) is 10.4 Å². The number of nitrogens with zero attached hydrogens (tertiary/aromatic N) is 2. The molecule has 6 heteroatoms. The summed E-state index contributed by atoms with van der Waals surface area (Å²) in [4.78, 5) is 4.10. The van der Waals surface area contributed by atoms with Crippen molar-refractivity contribution in [1.82, 2.24) is 10.4 Å². The molecule has 0 aromatic carbocycles. The molecule has 0 aliphatic heterocycles. The van der Waals surface area contributed by atoms with E-state index in [2.05, 4.69) is 27.7 Å². The summed E-state index contributed by atoms with van der Waals surface area (Å²) >= 11 is 4.60. The average Bonchev–Trinajstić information content (AvgIpc) is 2.20. The normalized spacial score (nSPS) is 10.2. The molecule has 5 nitrogen and oxygen atoms in total. The molecule has 1 heterocycles. The summed E-state index contributed by atoms with van der Waals surface area (Å²) in [6.45, 7) is 2.48. The smallest absolute Gasteiger partial charge is 0.184 e. The minimum Gasteiger partial charge on any atom is -0.492 e. The Bertz CT molecular complexity index is 367. The Kier molecular flexibility index (Phi) is 4.49. The number of ether oxygens (including phenoxy) is 1. The zero-order valence-electron chi connectivity index (χ0n) is 8.30. The number of rotatable bonds is 4. The van der Waals surface area contributed by atoms with E-state index in [0.717, 1.165) is 0 Å². The molecule has 0 radical (unpaired) electrons. The predicted molar refractivity (Wildman–Crippen MR) is 62.9 cm³/mol. The van der Waals surface area contributed by atoms with Crippen LogP contribution in [0.25, 0.3) is 0 Å². The molecule has 0 aliphatic carbocycles. The molecule has 0 bridgehead atoms. The van der Waals surface area contributed by atoms with Crippen LogP contribution in [0.3, 0.4) is 0 Å². The Hall–Kier alpha value is -1.69. The minimum absolute atomic E-state index is 0.111. The van der Waals surface area contributed by atoms with Crippen LogP contribution in [0.15, 0.2) is 23.4 Å². The van der Waals surface area contributed by atoms with E-state index in [0.29, 0.717) is 18.1 Å². The topological polar surface area (TPSA) is 72.5 Å². The molecule has 0 spiro atoms. The van der Waals surface area contributed by atoms with E-state index >= 15 is 0 Å². The molecule has 0 aliphatic rings. The maximum atomic E-state index is 5.35. The molecule has 0 saturated carbocycles. The first kappa shape index (κ1) is 11.4. The van der Waals surface area contributed by atoms with Crippen LogP contribution in [0.1, 0.15) is 12.6 Å². The molecule has 0 saturated heterocycles. The number of nitrogens with one attached hydrogen (secondary N) is 1. The first-order valence-electron chi connectivity index (χ1n) is 4.40. The number of hydrogen-bond donors (Lipinski definition) is 2. The fourth-order valence-electron chi connectivity index (χ4n) is 0.934. The summed E-state index contributed by atoms with van der Waals surface area (Å²) in [5, 5.41) is 3.91. The summed E-state index contributed by atoms with van der Waals surface area (Å²) < 4.78 is 5.35. The fourth-order valence-corrected chi connectivity index (χ4v) is 0.987. The van der Waals surface area contributed by atoms with Crippen molar-refractivity contribution >= 4 is 23.5 Å². The van der Waals surface area contributed by atoms with Crippen molar-refractivity contribution < 1.29 is 4.74 Å². The van der Waals surface area contributed by atoms with E-state index in [9.17, 15) is 0 Å². The van der Waals surface area contributed by atoms with Crippen molar-refractivity contribution in [2.24, 2.45) is 10.8 Å². The molecule has 3 N–H and O–H groups in total. The fraction of sp³-hybridized carbons (Fsp3) is 0.222. The lowest BCUT2D eigenvalue weighted by Crippen LogP contribution is -2.24. The highest BCUT2D eigenvalue weighted by Crippen LogP contribution is 2.12. The summed E-state index contributed by atoms with van der Waals surface area (Å²) in [6.07, 6.45) is 3.16. The number of thiocarbonyl (C=S) groups is 1. The van der Waals surface area contributed by atoms with E-state index in [4.69, 9.17) is 10.5 Å². The standard InChI is InChI=1S/C9H12N4OS/c1-2-14-8-4-3-5-11-7(8)6-12-13-9(10)15/h3-6H,2H2,1H3,(H3,10,13,15)/b12-6+. The van der Waals surface area contributed by atoms with E-state index in [1.807, 2.05) is 13.0 Å². The highest BCUT2D eigenvalue weighted by atomic mass is 32.1. The lowest BCUT2D eigenvalue weighted by Gasteiger charge is -2.04. The maximum absolute atomic E-state index is 5.35. The van der Waals surface area contributed by atoms with Crippen LogP contribution in [0.4, 0.5) is 0 Å². The molecule has 0 atom stereocenters. The predicted octanol–water partition coefficient (Wildman–Crippen LogP) is 0.647. The number of pyridine rings is 1. The molecular formula is C9H12N4OS. The van der Waals surface area contributed by atoms with Crippen molar-refractivity contribution in [3.8, 4) is 5.75 Å². The van der Waals surface area contributed by atoms with Crippen LogP contribution in [0.5, 0.6) is 5.75 Å². The minimum atomic E-state index is 0.111. The first-order valence-corrected chi connectivity index (χ1v) is 4.81. The molecular weight excluding hydrogens is 212 g/mol. The second kappa shape index (κ2) is 5.92. The van der Waals surface area contributed by atoms with Crippen LogP contribution in [-0.4, -0.2) is 22.9 Å². The molecule has 0 unspecified atom stereocenters. The van der Waals surface area contributed by atoms with Crippen molar-refractivity contribution in [2.45, 2.75) is 6.92 Å². The van der Waals surface area contributed by atoms with E-state index < -0.39 is 0 Å². The molecule has 0 fully saturated rings. The lowest BCUT2D eigenvalue weighted by molar-refractivity contribution is 0.338. The van der Waals surface area contributed by atoms with Gasteiger partial charge >= 0.3 is 0 Å². The van der Waals surface area contributed by atoms with Crippen LogP contribution in [0, 0.1) is 0 Å². The Labute approximate surface area is 93.3 Å². The lowest BCUT2D eigenvalue weighted by atomic mass is 10.3. The van der Waals surface area contributed by atoms with Crippen LogP contribution in [0.2, 0.25) is 0 Å². The summed E-state index contributed by atoms with van der Waals surface area (Å²) in [5.41, 5.74) is 8.28. The number of nitrogens with two attached hydrogens (primary N) is 1. The summed E-state index contributed by atoms with van der Waals surface area (Å²) in [6, 6.07) is 3.61. The second-order valence-corrected chi connectivity index (χ2v) is 2.99. The van der Waals surface area contributed by atoms with Gasteiger partial charge in [-0.05, 0) is 31.3 Å². The van der Waals surface area contributed by atoms with Crippen molar-refractivity contribution in [3.63, 3.8) is 0 Å². The van der Waals surface area contributed by atoms with Crippen LogP contribution in [-0.2, 0) is 0 Å². The van der Waals surface area contributed by atoms with Gasteiger partial charge in [0.1, 0.15) is 11.4 Å². The van der Waals surface area contributed by atoms with Crippen molar-refractivity contribution in [1.29, 1.82) is 0 Å². The average molecular weight is 224 g/mol. The maximum Gasteiger partial charge on any atom is 0.184 e. The highest BCUT2D eigenvalue weighted by Gasteiger charge is 1.99. The molecule has 0 amide bonds. The van der Waals surface area contributed by atoms with E-state index in [1.165, 1.54) is 6.21 Å². The van der Waals surface area contributed by atoms with Gasteiger partial charge in [-0.1, -0.05) is 0 Å². The molecule has 80 valence electrons. The number of aromatic nitrogens is 1. The number of hydrazone groups is 1. The van der Waals surface area contributed by atoms with Crippen molar-refractivity contribution in [3.05, 3.63) is 24.0 Å².